The third-order valence-electron chi connectivity index (χ3n) is 4.49. The smallest absolute Gasteiger partial charge is 0.255 e. The summed E-state index contributed by atoms with van der Waals surface area (Å²) in [6.07, 6.45) is 1.04. The van der Waals surface area contributed by atoms with Crippen molar-refractivity contribution in [3.05, 3.63) is 53.6 Å². The van der Waals surface area contributed by atoms with Gasteiger partial charge in [0.05, 0.1) is 4.90 Å². The van der Waals surface area contributed by atoms with Crippen molar-refractivity contribution < 1.29 is 18.0 Å². The molecule has 0 radical (unpaired) electrons. The normalized spacial score (nSPS) is 12.3. The lowest BCUT2D eigenvalue weighted by Crippen LogP contribution is -2.32. The fourth-order valence-electron chi connectivity index (χ4n) is 2.48. The maximum Gasteiger partial charge on any atom is 0.255 e. The third-order valence-corrected chi connectivity index (χ3v) is 6.09. The van der Waals surface area contributed by atoms with Crippen LogP contribution in [0.4, 0.5) is 11.4 Å². The second kappa shape index (κ2) is 9.67. The van der Waals surface area contributed by atoms with E-state index in [9.17, 15) is 18.0 Å². The highest BCUT2D eigenvalue weighted by Gasteiger charge is 2.17. The minimum Gasteiger partial charge on any atom is -0.326 e. The Balaban J connectivity index is 2.16. The van der Waals surface area contributed by atoms with Gasteiger partial charge in [0, 0.05) is 29.4 Å². The summed E-state index contributed by atoms with van der Waals surface area (Å²) in [5, 5.41) is 5.56. The predicted molar refractivity (Wildman–Crippen MR) is 115 cm³/mol. The fourth-order valence-corrected chi connectivity index (χ4v) is 3.81. The Labute approximate surface area is 172 Å². The molecule has 2 amide bonds. The number of hydrogen-bond donors (Lipinski definition) is 3. The zero-order valence-corrected chi connectivity index (χ0v) is 17.9. The minimum atomic E-state index is -3.62. The molecule has 0 saturated heterocycles. The molecule has 2 aromatic carbocycles. The third kappa shape index (κ3) is 6.13. The van der Waals surface area contributed by atoms with Gasteiger partial charge in [0.25, 0.3) is 5.91 Å². The highest BCUT2D eigenvalue weighted by atomic mass is 32.2. The first kappa shape index (κ1) is 22.6. The van der Waals surface area contributed by atoms with Gasteiger partial charge in [-0.3, -0.25) is 9.59 Å². The predicted octanol–water partition coefficient (Wildman–Crippen LogP) is 3.67. The molecule has 0 spiro atoms. The first-order chi connectivity index (χ1) is 13.7. The maximum absolute atomic E-state index is 12.6. The molecule has 0 aliphatic heterocycles. The van der Waals surface area contributed by atoms with Crippen LogP contribution in [0.1, 0.15) is 49.5 Å². The molecule has 1 atom stereocenters. The van der Waals surface area contributed by atoms with E-state index in [-0.39, 0.29) is 22.8 Å². The molecular weight excluding hydrogens is 390 g/mol. The quantitative estimate of drug-likeness (QED) is 0.609. The zero-order chi connectivity index (χ0) is 21.6. The van der Waals surface area contributed by atoms with Crippen molar-refractivity contribution in [2.24, 2.45) is 0 Å². The number of nitrogens with one attached hydrogen (secondary N) is 3. The van der Waals surface area contributed by atoms with Crippen LogP contribution in [-0.2, 0) is 14.8 Å². The van der Waals surface area contributed by atoms with Gasteiger partial charge in [0.1, 0.15) is 0 Å². The highest BCUT2D eigenvalue weighted by molar-refractivity contribution is 7.89. The van der Waals surface area contributed by atoms with Crippen molar-refractivity contribution in [2.75, 3.05) is 10.6 Å². The monoisotopic (exact) mass is 417 g/mol. The van der Waals surface area contributed by atoms with Gasteiger partial charge in [-0.05, 0) is 62.2 Å². The number of amides is 2. The van der Waals surface area contributed by atoms with Crippen molar-refractivity contribution >= 4 is 33.2 Å². The van der Waals surface area contributed by atoms with E-state index >= 15 is 0 Å². The van der Waals surface area contributed by atoms with Crippen LogP contribution < -0.4 is 15.4 Å². The summed E-state index contributed by atoms with van der Waals surface area (Å²) in [4.78, 5) is 24.3. The van der Waals surface area contributed by atoms with Crippen LogP contribution in [0.25, 0.3) is 0 Å². The molecule has 8 heteroatoms. The van der Waals surface area contributed by atoms with Gasteiger partial charge in [0.15, 0.2) is 0 Å². The molecule has 0 saturated carbocycles. The maximum atomic E-state index is 12.6. The summed E-state index contributed by atoms with van der Waals surface area (Å²) in [6.45, 7) is 7.29. The molecule has 2 rings (SSSR count). The molecule has 2 aromatic rings. The number of rotatable bonds is 8. The summed E-state index contributed by atoms with van der Waals surface area (Å²) in [7, 11) is -3.62. The van der Waals surface area contributed by atoms with Gasteiger partial charge in [-0.15, -0.1) is 0 Å². The summed E-state index contributed by atoms with van der Waals surface area (Å²) >= 11 is 0. The number of sulfonamides is 1. The lowest BCUT2D eigenvalue weighted by molar-refractivity contribution is -0.115. The van der Waals surface area contributed by atoms with Crippen LogP contribution in [0.2, 0.25) is 0 Å². The van der Waals surface area contributed by atoms with Gasteiger partial charge in [0.2, 0.25) is 15.9 Å². The molecule has 1 unspecified atom stereocenters. The lowest BCUT2D eigenvalue weighted by Gasteiger charge is -2.13. The van der Waals surface area contributed by atoms with E-state index in [1.54, 1.807) is 32.0 Å². The summed E-state index contributed by atoms with van der Waals surface area (Å²) in [6, 6.07) is 10.8. The van der Waals surface area contributed by atoms with Crippen molar-refractivity contribution in [3.63, 3.8) is 0 Å². The van der Waals surface area contributed by atoms with Gasteiger partial charge >= 0.3 is 0 Å². The van der Waals surface area contributed by atoms with E-state index in [1.807, 2.05) is 13.8 Å². The molecule has 3 N–H and O–H groups in total. The molecule has 0 fully saturated rings. The Morgan fingerprint density at radius 3 is 2.24 bits per heavy atom. The van der Waals surface area contributed by atoms with Crippen LogP contribution in [0.15, 0.2) is 47.4 Å². The number of carbonyl (C=O) groups is 2. The first-order valence-corrected chi connectivity index (χ1v) is 11.0. The summed E-state index contributed by atoms with van der Waals surface area (Å²) in [5.74, 6) is -0.486. The summed E-state index contributed by atoms with van der Waals surface area (Å²) < 4.78 is 27.2. The van der Waals surface area contributed by atoms with Gasteiger partial charge in [-0.25, -0.2) is 13.1 Å². The average molecular weight is 418 g/mol. The molecule has 29 heavy (non-hydrogen) atoms. The number of anilines is 2. The number of carbonyl (C=O) groups excluding carboxylic acids is 2. The largest absolute Gasteiger partial charge is 0.326 e. The minimum absolute atomic E-state index is 0.106. The van der Waals surface area contributed by atoms with E-state index in [0.29, 0.717) is 29.8 Å². The molecule has 0 aliphatic carbocycles. The average Bonchev–Trinajstić information content (AvgIpc) is 2.70. The standard InChI is InChI=1S/C21H27N3O4S/c1-5-15(4)24-29(27,28)18-11-8-16(9-12-18)21(26)23-19-13-17(10-7-14(19)3)22-20(25)6-2/h7-13,15,24H,5-6H2,1-4H3,(H,22,25)(H,23,26). The lowest BCUT2D eigenvalue weighted by atomic mass is 10.1. The van der Waals surface area contributed by atoms with E-state index in [0.717, 1.165) is 5.56 Å². The van der Waals surface area contributed by atoms with Crippen molar-refractivity contribution in [1.82, 2.24) is 4.72 Å². The fraction of sp³-hybridized carbons (Fsp3) is 0.333. The van der Waals surface area contributed by atoms with Crippen molar-refractivity contribution in [2.45, 2.75) is 51.5 Å². The Hall–Kier alpha value is -2.71. The van der Waals surface area contributed by atoms with E-state index in [4.69, 9.17) is 0 Å². The Morgan fingerprint density at radius 2 is 1.66 bits per heavy atom. The molecule has 0 aliphatic rings. The Morgan fingerprint density at radius 1 is 1.00 bits per heavy atom. The van der Waals surface area contributed by atoms with Crippen LogP contribution >= 0.6 is 0 Å². The highest BCUT2D eigenvalue weighted by Crippen LogP contribution is 2.22. The SMILES string of the molecule is CCC(=O)Nc1ccc(C)c(NC(=O)c2ccc(S(=O)(=O)NC(C)CC)cc2)c1. The Bertz CT molecular complexity index is 985. The van der Waals surface area contributed by atoms with Crippen LogP contribution in [0.5, 0.6) is 0 Å². The molecule has 156 valence electrons. The van der Waals surface area contributed by atoms with E-state index in [1.165, 1.54) is 24.3 Å². The van der Waals surface area contributed by atoms with Gasteiger partial charge in [-0.1, -0.05) is 19.9 Å². The van der Waals surface area contributed by atoms with Crippen molar-refractivity contribution in [1.29, 1.82) is 0 Å². The molecule has 7 nitrogen and oxygen atoms in total. The van der Waals surface area contributed by atoms with Crippen LogP contribution in [0.3, 0.4) is 0 Å². The first-order valence-electron chi connectivity index (χ1n) is 9.50. The van der Waals surface area contributed by atoms with Crippen LogP contribution in [0, 0.1) is 6.92 Å². The number of benzene rings is 2. The van der Waals surface area contributed by atoms with E-state index < -0.39 is 10.0 Å². The Kier molecular flexibility index (Phi) is 7.53. The van der Waals surface area contributed by atoms with Gasteiger partial charge < -0.3 is 10.6 Å². The topological polar surface area (TPSA) is 104 Å². The van der Waals surface area contributed by atoms with E-state index in [2.05, 4.69) is 15.4 Å². The molecule has 0 aromatic heterocycles. The van der Waals surface area contributed by atoms with Crippen molar-refractivity contribution in [3.8, 4) is 0 Å². The van der Waals surface area contributed by atoms with Crippen LogP contribution in [-0.4, -0.2) is 26.3 Å². The zero-order valence-electron chi connectivity index (χ0n) is 17.1. The second-order valence-electron chi connectivity index (χ2n) is 6.84. The number of hydrogen-bond acceptors (Lipinski definition) is 4. The number of aryl methyl sites for hydroxylation is 1. The summed E-state index contributed by atoms with van der Waals surface area (Å²) in [5.41, 5.74) is 2.33. The molecular formula is C21H27N3O4S. The molecule has 0 bridgehead atoms. The molecule has 0 heterocycles. The van der Waals surface area contributed by atoms with Gasteiger partial charge in [-0.2, -0.15) is 0 Å². The second-order valence-corrected chi connectivity index (χ2v) is 8.55.